The van der Waals surface area contributed by atoms with E-state index in [4.69, 9.17) is 23.2 Å². The van der Waals surface area contributed by atoms with Gasteiger partial charge in [-0.15, -0.1) is 11.6 Å². The molecule has 1 unspecified atom stereocenters. The zero-order chi connectivity index (χ0) is 9.84. The lowest BCUT2D eigenvalue weighted by molar-refractivity contribution is 1.39. The predicted octanol–water partition coefficient (Wildman–Crippen LogP) is 4.18. The molecule has 0 heterocycles. The fourth-order valence-corrected chi connectivity index (χ4v) is 1.77. The Bertz CT molecular complexity index is 306. The summed E-state index contributed by atoms with van der Waals surface area (Å²) in [5.41, 5.74) is 2.19. The molecule has 70 valence electrons. The molecule has 0 N–H and O–H groups in total. The van der Waals surface area contributed by atoms with E-state index in [-0.39, 0.29) is 5.38 Å². The Hall–Kier alpha value is -0.460. The maximum absolute atomic E-state index is 6.02. The quantitative estimate of drug-likeness (QED) is 0.478. The normalized spacial score (nSPS) is 23.7. The molecule has 0 nitrogen and oxygen atoms in total. The van der Waals surface area contributed by atoms with Gasteiger partial charge in [-0.05, 0) is 25.0 Å². The third-order valence-corrected chi connectivity index (χ3v) is 2.78. The van der Waals surface area contributed by atoms with E-state index in [0.29, 0.717) is 0 Å². The summed E-state index contributed by atoms with van der Waals surface area (Å²) in [6, 6.07) is 0. The Morgan fingerprint density at radius 1 is 1.38 bits per heavy atom. The fraction of sp³-hybridized carbons (Fsp3) is 0.273. The van der Waals surface area contributed by atoms with Gasteiger partial charge < -0.3 is 0 Å². The van der Waals surface area contributed by atoms with Gasteiger partial charge in [0.1, 0.15) is 0 Å². The first-order chi connectivity index (χ1) is 6.16. The molecule has 1 aliphatic rings. The zero-order valence-corrected chi connectivity index (χ0v) is 9.23. The lowest BCUT2D eigenvalue weighted by Crippen LogP contribution is -1.87. The third-order valence-electron chi connectivity index (χ3n) is 1.89. The number of hydrogen-bond acceptors (Lipinski definition) is 0. The van der Waals surface area contributed by atoms with Crippen LogP contribution >= 0.6 is 23.2 Å². The summed E-state index contributed by atoms with van der Waals surface area (Å²) in [6.45, 7) is 3.99. The van der Waals surface area contributed by atoms with E-state index in [9.17, 15) is 0 Å². The molecule has 2 heteroatoms. The fourth-order valence-electron chi connectivity index (χ4n) is 1.19. The molecule has 0 saturated heterocycles. The maximum atomic E-state index is 6.02. The van der Waals surface area contributed by atoms with Crippen LogP contribution in [0.3, 0.4) is 0 Å². The van der Waals surface area contributed by atoms with Crippen LogP contribution in [0.15, 0.2) is 46.6 Å². The highest BCUT2D eigenvalue weighted by Gasteiger charge is 2.18. The van der Waals surface area contributed by atoms with Crippen molar-refractivity contribution in [3.8, 4) is 0 Å². The molecule has 0 amide bonds. The van der Waals surface area contributed by atoms with Crippen LogP contribution < -0.4 is 0 Å². The van der Waals surface area contributed by atoms with Crippen LogP contribution in [0.25, 0.3) is 0 Å². The van der Waals surface area contributed by atoms with Gasteiger partial charge in [0.05, 0.1) is 5.38 Å². The van der Waals surface area contributed by atoms with Crippen LogP contribution in [0.2, 0.25) is 0 Å². The molecular formula is C11H12Cl2. The topological polar surface area (TPSA) is 0 Å². The van der Waals surface area contributed by atoms with Gasteiger partial charge in [-0.3, -0.25) is 0 Å². The number of allylic oxidation sites excluding steroid dienone is 8. The van der Waals surface area contributed by atoms with Gasteiger partial charge >= 0.3 is 0 Å². The summed E-state index contributed by atoms with van der Waals surface area (Å²) in [5.74, 6) is 0. The molecule has 0 spiro atoms. The van der Waals surface area contributed by atoms with Gasteiger partial charge in [0, 0.05) is 5.03 Å². The van der Waals surface area contributed by atoms with Gasteiger partial charge in [0.15, 0.2) is 0 Å². The Morgan fingerprint density at radius 3 is 2.54 bits per heavy atom. The molecular weight excluding hydrogens is 203 g/mol. The SMILES string of the molecule is CC=CC=CC1=C(Cl)C(Cl)C=C1C. The Morgan fingerprint density at radius 2 is 2.08 bits per heavy atom. The third kappa shape index (κ3) is 2.49. The van der Waals surface area contributed by atoms with E-state index in [2.05, 4.69) is 0 Å². The second-order valence-corrected chi connectivity index (χ2v) is 3.78. The summed E-state index contributed by atoms with van der Waals surface area (Å²) >= 11 is 12.0. The van der Waals surface area contributed by atoms with Crippen molar-refractivity contribution in [3.63, 3.8) is 0 Å². The highest BCUT2D eigenvalue weighted by atomic mass is 35.5. The molecule has 0 fully saturated rings. The minimum absolute atomic E-state index is 0.146. The van der Waals surface area contributed by atoms with Gasteiger partial charge in [0.25, 0.3) is 0 Å². The molecule has 1 atom stereocenters. The van der Waals surface area contributed by atoms with E-state index in [0.717, 1.165) is 16.2 Å². The standard InChI is InChI=1S/C11H12Cl2/c1-3-4-5-6-9-8(2)7-10(12)11(9)13/h3-7,10H,1-2H3. The van der Waals surface area contributed by atoms with Crippen molar-refractivity contribution in [1.82, 2.24) is 0 Å². The summed E-state index contributed by atoms with van der Waals surface area (Å²) in [4.78, 5) is 0. The molecule has 0 aromatic heterocycles. The zero-order valence-electron chi connectivity index (χ0n) is 7.72. The van der Waals surface area contributed by atoms with E-state index in [1.54, 1.807) is 0 Å². The highest BCUT2D eigenvalue weighted by molar-refractivity contribution is 6.39. The molecule has 0 aromatic carbocycles. The first-order valence-corrected chi connectivity index (χ1v) is 5.00. The largest absolute Gasteiger partial charge is 0.112 e. The molecule has 1 rings (SSSR count). The molecule has 0 aliphatic heterocycles. The lowest BCUT2D eigenvalue weighted by Gasteiger charge is -1.97. The first kappa shape index (κ1) is 10.6. The monoisotopic (exact) mass is 214 g/mol. The summed E-state index contributed by atoms with van der Waals surface area (Å²) in [5, 5.41) is 0.576. The van der Waals surface area contributed by atoms with E-state index < -0.39 is 0 Å². The van der Waals surface area contributed by atoms with E-state index in [1.165, 1.54) is 0 Å². The van der Waals surface area contributed by atoms with Gasteiger partial charge in [0.2, 0.25) is 0 Å². The summed E-state index contributed by atoms with van der Waals surface area (Å²) in [6.07, 6.45) is 9.84. The summed E-state index contributed by atoms with van der Waals surface area (Å²) in [7, 11) is 0. The van der Waals surface area contributed by atoms with Crippen LogP contribution in [0, 0.1) is 0 Å². The van der Waals surface area contributed by atoms with Crippen LogP contribution in [0.5, 0.6) is 0 Å². The van der Waals surface area contributed by atoms with Crippen molar-refractivity contribution < 1.29 is 0 Å². The molecule has 0 bridgehead atoms. The second kappa shape index (κ2) is 4.69. The minimum atomic E-state index is -0.146. The van der Waals surface area contributed by atoms with Crippen molar-refractivity contribution in [3.05, 3.63) is 46.6 Å². The lowest BCUT2D eigenvalue weighted by atomic mass is 10.1. The van der Waals surface area contributed by atoms with Crippen LogP contribution in [-0.4, -0.2) is 5.38 Å². The maximum Gasteiger partial charge on any atom is 0.0884 e. The molecule has 0 aromatic rings. The van der Waals surface area contributed by atoms with Crippen LogP contribution in [0.1, 0.15) is 13.8 Å². The van der Waals surface area contributed by atoms with Crippen molar-refractivity contribution in [2.24, 2.45) is 0 Å². The van der Waals surface area contributed by atoms with E-state index in [1.807, 2.05) is 44.2 Å². The van der Waals surface area contributed by atoms with Crippen LogP contribution in [0.4, 0.5) is 0 Å². The van der Waals surface area contributed by atoms with Gasteiger partial charge in [-0.1, -0.05) is 42.0 Å². The number of rotatable bonds is 2. The minimum Gasteiger partial charge on any atom is -0.112 e. The smallest absolute Gasteiger partial charge is 0.0884 e. The number of hydrogen-bond donors (Lipinski definition) is 0. The molecule has 1 aliphatic carbocycles. The molecule has 13 heavy (non-hydrogen) atoms. The Balaban J connectivity index is 2.85. The average Bonchev–Trinajstić information content (AvgIpc) is 2.32. The number of halogens is 2. The second-order valence-electron chi connectivity index (χ2n) is 2.90. The van der Waals surface area contributed by atoms with Crippen molar-refractivity contribution in [2.75, 3.05) is 0 Å². The van der Waals surface area contributed by atoms with Crippen molar-refractivity contribution in [2.45, 2.75) is 19.2 Å². The van der Waals surface area contributed by atoms with Gasteiger partial charge in [-0.2, -0.15) is 0 Å². The molecule has 0 radical (unpaired) electrons. The van der Waals surface area contributed by atoms with Crippen molar-refractivity contribution >= 4 is 23.2 Å². The Kier molecular flexibility index (Phi) is 3.83. The first-order valence-electron chi connectivity index (χ1n) is 4.18. The summed E-state index contributed by atoms with van der Waals surface area (Å²) < 4.78 is 0. The Labute approximate surface area is 89.2 Å². The van der Waals surface area contributed by atoms with E-state index >= 15 is 0 Å². The average molecular weight is 215 g/mol. The number of alkyl halides is 1. The van der Waals surface area contributed by atoms with Crippen LogP contribution in [-0.2, 0) is 0 Å². The molecule has 0 saturated carbocycles. The predicted molar refractivity (Wildman–Crippen MR) is 60.2 cm³/mol. The van der Waals surface area contributed by atoms with Gasteiger partial charge in [-0.25, -0.2) is 0 Å². The highest BCUT2D eigenvalue weighted by Crippen LogP contribution is 2.33. The van der Waals surface area contributed by atoms with Crippen molar-refractivity contribution in [1.29, 1.82) is 0 Å².